The van der Waals surface area contributed by atoms with Crippen LogP contribution in [-0.2, 0) is 4.79 Å². The second kappa shape index (κ2) is 7.77. The van der Waals surface area contributed by atoms with Crippen LogP contribution in [0, 0.1) is 5.92 Å². The van der Waals surface area contributed by atoms with Gasteiger partial charge in [0.05, 0.1) is 6.10 Å². The zero-order valence-electron chi connectivity index (χ0n) is 12.8. The van der Waals surface area contributed by atoms with Crippen LogP contribution in [0.1, 0.15) is 23.2 Å². The molecule has 0 radical (unpaired) electrons. The van der Waals surface area contributed by atoms with Gasteiger partial charge in [-0.3, -0.25) is 9.59 Å². The Morgan fingerprint density at radius 1 is 1.39 bits per heavy atom. The number of carbonyl (C=O) groups is 2. The summed E-state index contributed by atoms with van der Waals surface area (Å²) in [6.45, 7) is 2.45. The number of amides is 2. The Bertz CT molecular complexity index is 581. The molecular weight excluding hydrogens is 318 g/mol. The molecule has 2 amide bonds. The Labute approximate surface area is 141 Å². The highest BCUT2D eigenvalue weighted by molar-refractivity contribution is 5.99. The average Bonchev–Trinajstić information content (AvgIpc) is 3.13. The molecule has 0 bridgehead atoms. The van der Waals surface area contributed by atoms with Crippen molar-refractivity contribution in [3.63, 3.8) is 0 Å². The van der Waals surface area contributed by atoms with Crippen molar-refractivity contribution in [2.24, 2.45) is 5.92 Å². The lowest BCUT2D eigenvalue weighted by atomic mass is 10.1. The number of rotatable bonds is 4. The zero-order chi connectivity index (χ0) is 15.5. The normalized spacial score (nSPS) is 23.7. The molecule has 0 aliphatic carbocycles. The van der Waals surface area contributed by atoms with Crippen LogP contribution >= 0.6 is 12.4 Å². The second-order valence-corrected chi connectivity index (χ2v) is 5.89. The lowest BCUT2D eigenvalue weighted by molar-refractivity contribution is -0.117. The van der Waals surface area contributed by atoms with Crippen LogP contribution < -0.4 is 15.5 Å². The van der Waals surface area contributed by atoms with Crippen molar-refractivity contribution in [1.82, 2.24) is 10.6 Å². The molecule has 0 saturated carbocycles. The predicted molar refractivity (Wildman–Crippen MR) is 90.0 cm³/mol. The van der Waals surface area contributed by atoms with E-state index < -0.39 is 6.10 Å². The molecule has 0 spiro atoms. The Hall–Kier alpha value is -1.63. The molecule has 2 fully saturated rings. The molecule has 2 aliphatic rings. The quantitative estimate of drug-likeness (QED) is 0.748. The van der Waals surface area contributed by atoms with Crippen LogP contribution in [0.15, 0.2) is 24.3 Å². The molecule has 23 heavy (non-hydrogen) atoms. The zero-order valence-corrected chi connectivity index (χ0v) is 13.6. The molecule has 1 aromatic rings. The third-order valence-corrected chi connectivity index (χ3v) is 4.32. The van der Waals surface area contributed by atoms with Crippen molar-refractivity contribution in [3.8, 4) is 0 Å². The van der Waals surface area contributed by atoms with E-state index in [9.17, 15) is 14.7 Å². The number of anilines is 1. The Kier molecular flexibility index (Phi) is 5.98. The van der Waals surface area contributed by atoms with Crippen molar-refractivity contribution in [2.75, 3.05) is 31.1 Å². The monoisotopic (exact) mass is 339 g/mol. The molecule has 2 heterocycles. The predicted octanol–water partition coefficient (Wildman–Crippen LogP) is 0.545. The fourth-order valence-corrected chi connectivity index (χ4v) is 2.99. The van der Waals surface area contributed by atoms with E-state index in [2.05, 4.69) is 10.6 Å². The molecule has 2 atom stereocenters. The van der Waals surface area contributed by atoms with Gasteiger partial charge in [0.25, 0.3) is 5.91 Å². The summed E-state index contributed by atoms with van der Waals surface area (Å²) in [5.74, 6) is -0.0161. The van der Waals surface area contributed by atoms with E-state index in [-0.39, 0.29) is 30.1 Å². The third-order valence-electron chi connectivity index (χ3n) is 4.32. The number of β-amino-alcohol motifs (C(OH)–C–C–N with tert-alkyl or cyclic N) is 1. The maximum atomic E-state index is 12.2. The smallest absolute Gasteiger partial charge is 0.251 e. The van der Waals surface area contributed by atoms with Gasteiger partial charge in [0.2, 0.25) is 5.91 Å². The van der Waals surface area contributed by atoms with Crippen molar-refractivity contribution >= 4 is 29.9 Å². The maximum absolute atomic E-state index is 12.2. The van der Waals surface area contributed by atoms with E-state index in [1.807, 2.05) is 6.07 Å². The van der Waals surface area contributed by atoms with Gasteiger partial charge in [-0.15, -0.1) is 12.4 Å². The lowest BCUT2D eigenvalue weighted by Crippen LogP contribution is -2.34. The van der Waals surface area contributed by atoms with Crippen LogP contribution in [0.2, 0.25) is 0 Å². The van der Waals surface area contributed by atoms with Gasteiger partial charge in [-0.1, -0.05) is 6.07 Å². The molecule has 2 unspecified atom stereocenters. The van der Waals surface area contributed by atoms with Gasteiger partial charge in [-0.05, 0) is 24.6 Å². The summed E-state index contributed by atoms with van der Waals surface area (Å²) in [5, 5.41) is 15.7. The number of carbonyl (C=O) groups excluding carboxylic acids is 2. The van der Waals surface area contributed by atoms with Crippen molar-refractivity contribution in [3.05, 3.63) is 29.8 Å². The van der Waals surface area contributed by atoms with Crippen molar-refractivity contribution < 1.29 is 14.7 Å². The highest BCUT2D eigenvalue weighted by atomic mass is 35.5. The van der Waals surface area contributed by atoms with Gasteiger partial charge in [0.15, 0.2) is 0 Å². The van der Waals surface area contributed by atoms with Gasteiger partial charge in [0, 0.05) is 49.8 Å². The highest BCUT2D eigenvalue weighted by Gasteiger charge is 2.25. The topological polar surface area (TPSA) is 81.7 Å². The highest BCUT2D eigenvalue weighted by Crippen LogP contribution is 2.22. The number of aliphatic hydroxyl groups is 1. The number of benzene rings is 1. The van der Waals surface area contributed by atoms with Crippen LogP contribution in [0.3, 0.4) is 0 Å². The minimum Gasteiger partial charge on any atom is -0.391 e. The van der Waals surface area contributed by atoms with Gasteiger partial charge in [-0.25, -0.2) is 0 Å². The third kappa shape index (κ3) is 4.02. The van der Waals surface area contributed by atoms with Gasteiger partial charge >= 0.3 is 0 Å². The van der Waals surface area contributed by atoms with Crippen LogP contribution in [0.5, 0.6) is 0 Å². The van der Waals surface area contributed by atoms with E-state index in [4.69, 9.17) is 0 Å². The SMILES string of the molecule is Cl.O=C(NCC1CNCC1O)c1cccc(N2CCCC2=O)c1. The van der Waals surface area contributed by atoms with E-state index in [0.29, 0.717) is 38.2 Å². The summed E-state index contributed by atoms with van der Waals surface area (Å²) < 4.78 is 0. The number of hydrogen-bond acceptors (Lipinski definition) is 4. The van der Waals surface area contributed by atoms with E-state index in [1.165, 1.54) is 0 Å². The summed E-state index contributed by atoms with van der Waals surface area (Å²) in [5.41, 5.74) is 1.32. The molecule has 0 aromatic heterocycles. The molecule has 3 rings (SSSR count). The first-order chi connectivity index (χ1) is 10.6. The lowest BCUT2D eigenvalue weighted by Gasteiger charge is -2.17. The minimum atomic E-state index is -0.408. The van der Waals surface area contributed by atoms with Gasteiger partial charge < -0.3 is 20.6 Å². The first-order valence-corrected chi connectivity index (χ1v) is 7.72. The molecule has 126 valence electrons. The van der Waals surface area contributed by atoms with E-state index in [1.54, 1.807) is 23.1 Å². The molecule has 2 aliphatic heterocycles. The van der Waals surface area contributed by atoms with Crippen LogP contribution in [0.25, 0.3) is 0 Å². The van der Waals surface area contributed by atoms with Crippen molar-refractivity contribution in [1.29, 1.82) is 0 Å². The van der Waals surface area contributed by atoms with E-state index >= 15 is 0 Å². The largest absolute Gasteiger partial charge is 0.391 e. The Morgan fingerprint density at radius 2 is 2.22 bits per heavy atom. The summed E-state index contributed by atoms with van der Waals surface area (Å²) in [6, 6.07) is 7.14. The summed E-state index contributed by atoms with van der Waals surface area (Å²) >= 11 is 0. The van der Waals surface area contributed by atoms with E-state index in [0.717, 1.165) is 12.1 Å². The van der Waals surface area contributed by atoms with Gasteiger partial charge in [-0.2, -0.15) is 0 Å². The number of nitrogens with one attached hydrogen (secondary N) is 2. The second-order valence-electron chi connectivity index (χ2n) is 5.89. The van der Waals surface area contributed by atoms with Crippen molar-refractivity contribution in [2.45, 2.75) is 18.9 Å². The molecule has 1 aromatic carbocycles. The fraction of sp³-hybridized carbons (Fsp3) is 0.500. The first kappa shape index (κ1) is 17.7. The summed E-state index contributed by atoms with van der Waals surface area (Å²) in [6.07, 6.45) is 1.03. The standard InChI is InChI=1S/C16H21N3O3.ClH/c20-14-10-17-8-12(14)9-18-16(22)11-3-1-4-13(7-11)19-6-2-5-15(19)21;/h1,3-4,7,12,14,17,20H,2,5-6,8-10H2,(H,18,22);1H. The molecule has 2 saturated heterocycles. The first-order valence-electron chi connectivity index (χ1n) is 7.72. The maximum Gasteiger partial charge on any atom is 0.251 e. The number of nitrogens with zero attached hydrogens (tertiary/aromatic N) is 1. The van der Waals surface area contributed by atoms with Gasteiger partial charge in [0.1, 0.15) is 0 Å². The van der Waals surface area contributed by atoms with Crippen LogP contribution in [0.4, 0.5) is 5.69 Å². The summed E-state index contributed by atoms with van der Waals surface area (Å²) in [7, 11) is 0. The average molecular weight is 340 g/mol. The minimum absolute atomic E-state index is 0. The molecule has 6 nitrogen and oxygen atoms in total. The Morgan fingerprint density at radius 3 is 2.87 bits per heavy atom. The molecule has 3 N–H and O–H groups in total. The van der Waals surface area contributed by atoms with Crippen LogP contribution in [-0.4, -0.2) is 49.2 Å². The molecular formula is C16H22ClN3O3. The Balaban J connectivity index is 0.00000192. The summed E-state index contributed by atoms with van der Waals surface area (Å²) in [4.78, 5) is 25.7. The number of halogens is 1. The number of hydrogen-bond donors (Lipinski definition) is 3. The molecule has 7 heteroatoms. The number of aliphatic hydroxyl groups excluding tert-OH is 1. The fourth-order valence-electron chi connectivity index (χ4n) is 2.99.